The quantitative estimate of drug-likeness (QED) is 0.0264. The van der Waals surface area contributed by atoms with Crippen molar-refractivity contribution >= 4 is 53.3 Å². The van der Waals surface area contributed by atoms with Crippen molar-refractivity contribution in [2.45, 2.75) is 109 Å². The van der Waals surface area contributed by atoms with Crippen molar-refractivity contribution in [2.24, 2.45) is 28.1 Å². The molecular weight excluding hydrogens is 680 g/mol. The van der Waals surface area contributed by atoms with Gasteiger partial charge in [-0.2, -0.15) is 0 Å². The average Bonchev–Trinajstić information content (AvgIpc) is 3.04. The molecule has 0 saturated heterocycles. The molecule has 0 radical (unpaired) electrons. The van der Waals surface area contributed by atoms with Crippen LogP contribution in [0.4, 0.5) is 0 Å². The fraction of sp³-hybridized carbons (Fsp3) is 0.690. The van der Waals surface area contributed by atoms with Crippen molar-refractivity contribution in [3.63, 3.8) is 0 Å². The predicted octanol–water partition coefficient (Wildman–Crippen LogP) is -5.71. The Morgan fingerprint density at radius 1 is 0.686 bits per heavy atom. The molecule has 9 atom stereocenters. The van der Waals surface area contributed by atoms with Gasteiger partial charge in [-0.25, -0.2) is 4.79 Å². The second kappa shape index (κ2) is 22.6. The van der Waals surface area contributed by atoms with Crippen LogP contribution >= 0.6 is 0 Å². The molecule has 0 aliphatic rings. The normalized spacial score (nSPS) is 16.2. The first-order valence-corrected chi connectivity index (χ1v) is 16.0. The molecular formula is C29H52N10O12. The molecule has 0 heterocycles. The third kappa shape index (κ3) is 16.9. The summed E-state index contributed by atoms with van der Waals surface area (Å²) in [5.74, 6) is -9.20. The Morgan fingerprint density at radius 3 is 1.65 bits per heavy atom. The van der Waals surface area contributed by atoms with E-state index in [1.807, 2.05) is 0 Å². The summed E-state index contributed by atoms with van der Waals surface area (Å²) < 4.78 is 0. The van der Waals surface area contributed by atoms with Gasteiger partial charge in [0.25, 0.3) is 0 Å². The molecule has 0 rings (SSSR count). The van der Waals surface area contributed by atoms with Gasteiger partial charge in [0.05, 0.1) is 25.2 Å². The highest BCUT2D eigenvalue weighted by Gasteiger charge is 2.34. The molecule has 0 aromatic rings. The van der Waals surface area contributed by atoms with Crippen molar-refractivity contribution in [1.82, 2.24) is 31.9 Å². The zero-order chi connectivity index (χ0) is 39.6. The summed E-state index contributed by atoms with van der Waals surface area (Å²) in [6, 6.07) is -10.0. The number of guanidine groups is 1. The van der Waals surface area contributed by atoms with Crippen molar-refractivity contribution in [1.29, 1.82) is 0 Å². The number of aliphatic imine (C=N–C) groups is 1. The Bertz CT molecular complexity index is 1280. The Morgan fingerprint density at radius 2 is 1.18 bits per heavy atom. The molecule has 0 unspecified atom stereocenters. The summed E-state index contributed by atoms with van der Waals surface area (Å²) in [5.41, 5.74) is 16.2. The van der Waals surface area contributed by atoms with Crippen molar-refractivity contribution in [3.05, 3.63) is 0 Å². The summed E-state index contributed by atoms with van der Waals surface area (Å²) >= 11 is 0. The van der Waals surface area contributed by atoms with E-state index in [4.69, 9.17) is 22.3 Å². The van der Waals surface area contributed by atoms with Crippen LogP contribution in [-0.2, 0) is 38.4 Å². The van der Waals surface area contributed by atoms with E-state index in [0.717, 1.165) is 6.92 Å². The molecule has 0 aliphatic carbocycles. The van der Waals surface area contributed by atoms with E-state index in [1.165, 1.54) is 13.8 Å². The third-order valence-electron chi connectivity index (χ3n) is 7.47. The number of carboxylic acids is 2. The maximum absolute atomic E-state index is 13.6. The fourth-order valence-electron chi connectivity index (χ4n) is 4.19. The number of rotatable bonds is 23. The third-order valence-corrected chi connectivity index (χ3v) is 7.47. The van der Waals surface area contributed by atoms with Gasteiger partial charge in [-0.05, 0) is 39.5 Å². The lowest BCUT2D eigenvalue weighted by Crippen LogP contribution is -2.61. The zero-order valence-corrected chi connectivity index (χ0v) is 29.2. The Kier molecular flexibility index (Phi) is 20.3. The number of aliphatic hydroxyl groups is 2. The largest absolute Gasteiger partial charge is 0.481 e. The number of carbonyl (C=O) groups excluding carboxylic acids is 6. The van der Waals surface area contributed by atoms with Gasteiger partial charge in [0.2, 0.25) is 35.4 Å². The van der Waals surface area contributed by atoms with Gasteiger partial charge in [0.1, 0.15) is 30.2 Å². The van der Waals surface area contributed by atoms with E-state index in [1.54, 1.807) is 13.8 Å². The Hall–Kier alpha value is -5.09. The minimum absolute atomic E-state index is 0.0560. The molecule has 22 nitrogen and oxygen atoms in total. The van der Waals surface area contributed by atoms with Crippen LogP contribution in [0.2, 0.25) is 0 Å². The average molecular weight is 733 g/mol. The summed E-state index contributed by atoms with van der Waals surface area (Å²) in [7, 11) is 0. The van der Waals surface area contributed by atoms with Gasteiger partial charge in [0.15, 0.2) is 12.0 Å². The number of amides is 6. The van der Waals surface area contributed by atoms with Gasteiger partial charge < -0.3 is 69.5 Å². The molecule has 0 aromatic carbocycles. The van der Waals surface area contributed by atoms with Gasteiger partial charge in [-0.1, -0.05) is 20.3 Å². The van der Waals surface area contributed by atoms with E-state index in [-0.39, 0.29) is 25.3 Å². The van der Waals surface area contributed by atoms with Crippen molar-refractivity contribution < 1.29 is 58.8 Å². The lowest BCUT2D eigenvalue weighted by atomic mass is 9.97. The van der Waals surface area contributed by atoms with Gasteiger partial charge in [-0.3, -0.25) is 38.6 Å². The van der Waals surface area contributed by atoms with Crippen molar-refractivity contribution in [2.75, 3.05) is 13.2 Å². The Balaban J connectivity index is 5.91. The minimum Gasteiger partial charge on any atom is -0.481 e. The first-order chi connectivity index (χ1) is 23.7. The number of hydrogen-bond acceptors (Lipinski definition) is 12. The number of carboxylic acid groups (broad SMARTS) is 2. The number of aliphatic carboxylic acids is 2. The first kappa shape index (κ1) is 45.9. The van der Waals surface area contributed by atoms with E-state index in [0.29, 0.717) is 6.42 Å². The lowest BCUT2D eigenvalue weighted by Gasteiger charge is -2.29. The number of hydrogen-bond donors (Lipinski definition) is 13. The predicted molar refractivity (Wildman–Crippen MR) is 179 cm³/mol. The second-order valence-electron chi connectivity index (χ2n) is 11.9. The van der Waals surface area contributed by atoms with Crippen LogP contribution in [-0.4, -0.2) is 135 Å². The highest BCUT2D eigenvalue weighted by molar-refractivity contribution is 5.97. The maximum Gasteiger partial charge on any atom is 0.328 e. The Labute approximate surface area is 294 Å². The molecule has 0 aliphatic heterocycles. The second-order valence-corrected chi connectivity index (χ2v) is 11.9. The number of nitrogens with zero attached hydrogens (tertiary/aromatic N) is 1. The van der Waals surface area contributed by atoms with Gasteiger partial charge in [0, 0.05) is 6.54 Å². The standard InChI is InChI=1S/C29H52N10O12/c1-6-12(2)20(38-26(48)18(11-40)37-22(44)13(3)34-24(46)16(30)10-19(42)43)27(49)36-17(8-7-9-33-29(31)32)25(47)35-14(4)23(45)39-21(15(5)41)28(50)51/h12-18,20-21,40-41H,6-11,30H2,1-5H3,(H,34,46)(H,35,47)(H,36,49)(H,37,44)(H,38,48)(H,39,45)(H,42,43)(H,50,51)(H4,31,32,33)/t12-,13-,14-,15+,16-,17-,18-,20-,21-/m0/s1. The summed E-state index contributed by atoms with van der Waals surface area (Å²) in [6.07, 6.45) is -1.73. The molecule has 22 heteroatoms. The van der Waals surface area contributed by atoms with Crippen LogP contribution in [0.5, 0.6) is 0 Å². The van der Waals surface area contributed by atoms with Gasteiger partial charge in [-0.15, -0.1) is 0 Å². The van der Waals surface area contributed by atoms with E-state index < -0.39 is 115 Å². The van der Waals surface area contributed by atoms with Crippen LogP contribution in [0, 0.1) is 5.92 Å². The molecule has 51 heavy (non-hydrogen) atoms. The van der Waals surface area contributed by atoms with E-state index >= 15 is 0 Å². The number of nitrogens with two attached hydrogens (primary N) is 3. The summed E-state index contributed by atoms with van der Waals surface area (Å²) in [4.78, 5) is 103. The molecule has 0 aromatic heterocycles. The van der Waals surface area contributed by atoms with Crippen LogP contribution in [0.15, 0.2) is 4.99 Å². The topological polar surface area (TPSA) is 380 Å². The number of carbonyl (C=O) groups is 8. The summed E-state index contributed by atoms with van der Waals surface area (Å²) in [5, 5.41) is 51.4. The van der Waals surface area contributed by atoms with E-state index in [2.05, 4.69) is 36.9 Å². The van der Waals surface area contributed by atoms with Crippen LogP contribution in [0.25, 0.3) is 0 Å². The maximum atomic E-state index is 13.6. The first-order valence-electron chi connectivity index (χ1n) is 16.0. The minimum atomic E-state index is -1.66. The monoisotopic (exact) mass is 732 g/mol. The molecule has 0 saturated carbocycles. The molecule has 6 amide bonds. The van der Waals surface area contributed by atoms with Crippen molar-refractivity contribution in [3.8, 4) is 0 Å². The lowest BCUT2D eigenvalue weighted by molar-refractivity contribution is -0.145. The number of aliphatic hydroxyl groups excluding tert-OH is 2. The molecule has 0 bridgehead atoms. The molecule has 0 spiro atoms. The SMILES string of the molecule is CC[C@H](C)[C@H](NC(=O)[C@H](CO)NC(=O)[C@H](C)NC(=O)[C@@H](N)CC(=O)O)C(=O)N[C@@H](CCCN=C(N)N)C(=O)N[C@@H](C)C(=O)N[C@H](C(=O)O)[C@@H](C)O. The van der Waals surface area contributed by atoms with Gasteiger partial charge >= 0.3 is 11.9 Å². The number of nitrogens with one attached hydrogen (secondary N) is 6. The van der Waals surface area contributed by atoms with Crippen LogP contribution in [0.1, 0.15) is 60.3 Å². The van der Waals surface area contributed by atoms with E-state index in [9.17, 15) is 53.7 Å². The van der Waals surface area contributed by atoms with Crippen LogP contribution < -0.4 is 49.1 Å². The molecule has 16 N–H and O–H groups in total. The smallest absolute Gasteiger partial charge is 0.328 e. The highest BCUT2D eigenvalue weighted by atomic mass is 16.4. The summed E-state index contributed by atoms with van der Waals surface area (Å²) in [6.45, 7) is 6.06. The molecule has 290 valence electrons. The molecule has 0 fully saturated rings. The fourth-order valence-corrected chi connectivity index (χ4v) is 4.19. The van der Waals surface area contributed by atoms with Crippen LogP contribution in [0.3, 0.4) is 0 Å². The zero-order valence-electron chi connectivity index (χ0n) is 29.2. The highest BCUT2D eigenvalue weighted by Crippen LogP contribution is 2.10.